The van der Waals surface area contributed by atoms with Crippen LogP contribution in [0.25, 0.3) is 0 Å². The van der Waals surface area contributed by atoms with Crippen LogP contribution in [0.2, 0.25) is 0 Å². The molecule has 2 aliphatic rings. The SMILES string of the molecule is CC1SCCCC1NCC(c1ccco1)N1CCCC1. The van der Waals surface area contributed by atoms with Crippen LogP contribution in [-0.4, -0.2) is 41.6 Å². The monoisotopic (exact) mass is 294 g/mol. The van der Waals surface area contributed by atoms with Crippen molar-refractivity contribution in [3.05, 3.63) is 24.2 Å². The van der Waals surface area contributed by atoms with Gasteiger partial charge in [-0.25, -0.2) is 0 Å². The summed E-state index contributed by atoms with van der Waals surface area (Å²) in [5.41, 5.74) is 0. The Hall–Kier alpha value is -0.450. The summed E-state index contributed by atoms with van der Waals surface area (Å²) in [6.45, 7) is 5.80. The topological polar surface area (TPSA) is 28.4 Å². The zero-order chi connectivity index (χ0) is 13.8. The van der Waals surface area contributed by atoms with Crippen LogP contribution in [0.5, 0.6) is 0 Å². The molecule has 0 radical (unpaired) electrons. The van der Waals surface area contributed by atoms with Gasteiger partial charge in [-0.15, -0.1) is 0 Å². The Morgan fingerprint density at radius 3 is 2.95 bits per heavy atom. The van der Waals surface area contributed by atoms with E-state index in [1.54, 1.807) is 6.26 Å². The summed E-state index contributed by atoms with van der Waals surface area (Å²) in [4.78, 5) is 2.58. The summed E-state index contributed by atoms with van der Waals surface area (Å²) in [7, 11) is 0. The maximum atomic E-state index is 5.69. The standard InChI is InChI=1S/C16H26N2OS/c1-13-14(6-5-11-20-13)17-12-15(16-7-4-10-19-16)18-8-2-3-9-18/h4,7,10,13-15,17H,2-3,5-6,8-9,11-12H2,1H3. The van der Waals surface area contributed by atoms with E-state index >= 15 is 0 Å². The summed E-state index contributed by atoms with van der Waals surface area (Å²) >= 11 is 2.11. The van der Waals surface area contributed by atoms with E-state index in [4.69, 9.17) is 4.42 Å². The predicted molar refractivity (Wildman–Crippen MR) is 85.2 cm³/mol. The molecule has 0 bridgehead atoms. The van der Waals surface area contributed by atoms with Crippen molar-refractivity contribution in [2.24, 2.45) is 0 Å². The van der Waals surface area contributed by atoms with Gasteiger partial charge < -0.3 is 9.73 Å². The van der Waals surface area contributed by atoms with Gasteiger partial charge in [-0.1, -0.05) is 6.92 Å². The maximum Gasteiger partial charge on any atom is 0.122 e. The number of nitrogens with zero attached hydrogens (tertiary/aromatic N) is 1. The van der Waals surface area contributed by atoms with E-state index in [0.29, 0.717) is 12.1 Å². The summed E-state index contributed by atoms with van der Waals surface area (Å²) in [5.74, 6) is 2.45. The van der Waals surface area contributed by atoms with Crippen LogP contribution in [-0.2, 0) is 0 Å². The molecule has 3 heterocycles. The molecule has 0 saturated carbocycles. The quantitative estimate of drug-likeness (QED) is 0.902. The molecule has 3 atom stereocenters. The molecule has 2 fully saturated rings. The molecule has 3 nitrogen and oxygen atoms in total. The molecule has 2 aliphatic heterocycles. The van der Waals surface area contributed by atoms with Crippen molar-refractivity contribution < 1.29 is 4.42 Å². The van der Waals surface area contributed by atoms with Gasteiger partial charge in [0.25, 0.3) is 0 Å². The largest absolute Gasteiger partial charge is 0.468 e. The summed E-state index contributed by atoms with van der Waals surface area (Å²) < 4.78 is 5.69. The Kier molecular flexibility index (Phi) is 5.08. The van der Waals surface area contributed by atoms with E-state index in [0.717, 1.165) is 17.6 Å². The second-order valence-electron chi connectivity index (χ2n) is 6.01. The molecule has 1 aromatic heterocycles. The highest BCUT2D eigenvalue weighted by atomic mass is 32.2. The third-order valence-electron chi connectivity index (χ3n) is 4.63. The average Bonchev–Trinajstić information content (AvgIpc) is 3.14. The second kappa shape index (κ2) is 7.01. The van der Waals surface area contributed by atoms with Gasteiger partial charge in [0.05, 0.1) is 12.3 Å². The molecular formula is C16H26N2OS. The Morgan fingerprint density at radius 1 is 1.40 bits per heavy atom. The third-order valence-corrected chi connectivity index (χ3v) is 6.01. The maximum absolute atomic E-state index is 5.69. The molecule has 4 heteroatoms. The molecule has 3 rings (SSSR count). The molecule has 2 saturated heterocycles. The van der Waals surface area contributed by atoms with Gasteiger partial charge in [-0.2, -0.15) is 11.8 Å². The summed E-state index contributed by atoms with van der Waals surface area (Å²) in [5, 5.41) is 4.55. The molecule has 0 spiro atoms. The molecule has 1 aromatic rings. The third kappa shape index (κ3) is 3.41. The lowest BCUT2D eigenvalue weighted by Gasteiger charge is -2.33. The van der Waals surface area contributed by atoms with Crippen LogP contribution < -0.4 is 5.32 Å². The average molecular weight is 294 g/mol. The lowest BCUT2D eigenvalue weighted by atomic mass is 10.1. The highest BCUT2D eigenvalue weighted by molar-refractivity contribution is 7.99. The van der Waals surface area contributed by atoms with E-state index in [1.165, 1.54) is 44.5 Å². The first kappa shape index (κ1) is 14.5. The first-order valence-corrected chi connectivity index (χ1v) is 9.02. The van der Waals surface area contributed by atoms with Gasteiger partial charge in [-0.05, 0) is 56.7 Å². The minimum Gasteiger partial charge on any atom is -0.468 e. The molecule has 0 amide bonds. The van der Waals surface area contributed by atoms with Gasteiger partial charge >= 0.3 is 0 Å². The Morgan fingerprint density at radius 2 is 2.25 bits per heavy atom. The molecule has 112 valence electrons. The highest BCUT2D eigenvalue weighted by Gasteiger charge is 2.28. The lowest BCUT2D eigenvalue weighted by molar-refractivity contribution is 0.203. The van der Waals surface area contributed by atoms with E-state index in [9.17, 15) is 0 Å². The second-order valence-corrected chi connectivity index (χ2v) is 7.49. The zero-order valence-electron chi connectivity index (χ0n) is 12.4. The summed E-state index contributed by atoms with van der Waals surface area (Å²) in [6, 6.07) is 5.21. The van der Waals surface area contributed by atoms with Crippen molar-refractivity contribution in [2.75, 3.05) is 25.4 Å². The number of furan rings is 1. The Labute approximate surface area is 126 Å². The Balaban J connectivity index is 1.61. The van der Waals surface area contributed by atoms with Gasteiger partial charge in [0, 0.05) is 17.8 Å². The number of thioether (sulfide) groups is 1. The molecule has 1 N–H and O–H groups in total. The lowest BCUT2D eigenvalue weighted by Crippen LogP contribution is -2.44. The fourth-order valence-corrected chi connectivity index (χ4v) is 4.57. The van der Waals surface area contributed by atoms with Crippen LogP contribution in [0.1, 0.15) is 44.4 Å². The van der Waals surface area contributed by atoms with Gasteiger partial charge in [0.15, 0.2) is 0 Å². The zero-order valence-corrected chi connectivity index (χ0v) is 13.2. The first-order valence-electron chi connectivity index (χ1n) is 7.97. The number of rotatable bonds is 5. The van der Waals surface area contributed by atoms with Crippen LogP contribution in [0, 0.1) is 0 Å². The molecule has 0 aromatic carbocycles. The minimum absolute atomic E-state index is 0.409. The molecule has 3 unspecified atom stereocenters. The number of hydrogen-bond donors (Lipinski definition) is 1. The molecular weight excluding hydrogens is 268 g/mol. The van der Waals surface area contributed by atoms with Gasteiger partial charge in [-0.3, -0.25) is 4.90 Å². The van der Waals surface area contributed by atoms with Crippen LogP contribution in [0.15, 0.2) is 22.8 Å². The summed E-state index contributed by atoms with van der Waals surface area (Å²) in [6.07, 6.45) is 7.12. The highest BCUT2D eigenvalue weighted by Crippen LogP contribution is 2.28. The van der Waals surface area contributed by atoms with Crippen molar-refractivity contribution in [1.29, 1.82) is 0 Å². The minimum atomic E-state index is 0.409. The van der Waals surface area contributed by atoms with E-state index in [1.807, 2.05) is 6.07 Å². The smallest absolute Gasteiger partial charge is 0.122 e. The molecule has 20 heavy (non-hydrogen) atoms. The Bertz CT molecular complexity index is 389. The predicted octanol–water partition coefficient (Wildman–Crippen LogP) is 3.29. The van der Waals surface area contributed by atoms with Crippen LogP contribution in [0.4, 0.5) is 0 Å². The number of likely N-dealkylation sites (tertiary alicyclic amines) is 1. The van der Waals surface area contributed by atoms with Crippen molar-refractivity contribution in [1.82, 2.24) is 10.2 Å². The van der Waals surface area contributed by atoms with E-state index in [-0.39, 0.29) is 0 Å². The molecule has 0 aliphatic carbocycles. The van der Waals surface area contributed by atoms with Crippen LogP contribution >= 0.6 is 11.8 Å². The van der Waals surface area contributed by atoms with Gasteiger partial charge in [0.2, 0.25) is 0 Å². The normalized spacial score (nSPS) is 29.6. The fourth-order valence-electron chi connectivity index (χ4n) is 3.40. The van der Waals surface area contributed by atoms with E-state index < -0.39 is 0 Å². The van der Waals surface area contributed by atoms with Crippen molar-refractivity contribution in [3.8, 4) is 0 Å². The fraction of sp³-hybridized carbons (Fsp3) is 0.750. The van der Waals surface area contributed by atoms with Crippen molar-refractivity contribution in [3.63, 3.8) is 0 Å². The first-order chi connectivity index (χ1) is 9.84. The van der Waals surface area contributed by atoms with Crippen LogP contribution in [0.3, 0.4) is 0 Å². The van der Waals surface area contributed by atoms with Crippen molar-refractivity contribution >= 4 is 11.8 Å². The van der Waals surface area contributed by atoms with Crippen molar-refractivity contribution in [2.45, 2.75) is 49.9 Å². The number of hydrogen-bond acceptors (Lipinski definition) is 4. The number of nitrogens with one attached hydrogen (secondary N) is 1. The van der Waals surface area contributed by atoms with Gasteiger partial charge in [0.1, 0.15) is 5.76 Å². The van der Waals surface area contributed by atoms with E-state index in [2.05, 4.69) is 35.0 Å².